The molecule has 1 nitrogen and oxygen atoms in total. The highest BCUT2D eigenvalue weighted by Crippen LogP contribution is 2.61. The molecule has 0 saturated heterocycles. The Labute approximate surface area is 117 Å². The number of rotatable bonds is 1. The zero-order chi connectivity index (χ0) is 14.1. The normalized spacial score (nSPS) is 29.9. The molecule has 1 aromatic rings. The van der Waals surface area contributed by atoms with E-state index in [4.69, 9.17) is 0 Å². The van der Waals surface area contributed by atoms with Crippen LogP contribution in [0.15, 0.2) is 28.5 Å². The lowest BCUT2D eigenvalue weighted by molar-refractivity contribution is 0.189. The second kappa shape index (κ2) is 3.65. The molecule has 0 N–H and O–H groups in total. The van der Waals surface area contributed by atoms with Crippen molar-refractivity contribution in [3.05, 3.63) is 45.3 Å². The van der Waals surface area contributed by atoms with Crippen LogP contribution in [0.2, 0.25) is 0 Å². The van der Waals surface area contributed by atoms with E-state index in [1.807, 2.05) is 0 Å². The number of nitrogens with zero attached hydrogens (tertiary/aromatic N) is 1. The lowest BCUT2D eigenvalue weighted by Gasteiger charge is -2.51. The summed E-state index contributed by atoms with van der Waals surface area (Å²) in [5, 5.41) is 0. The van der Waals surface area contributed by atoms with Gasteiger partial charge >= 0.3 is 0 Å². The molecule has 0 aromatic carbocycles. The van der Waals surface area contributed by atoms with Crippen LogP contribution in [0, 0.1) is 26.7 Å². The van der Waals surface area contributed by atoms with E-state index in [1.165, 1.54) is 28.8 Å². The highest BCUT2D eigenvalue weighted by molar-refractivity contribution is 5.59. The van der Waals surface area contributed by atoms with Gasteiger partial charge in [0, 0.05) is 11.9 Å². The Morgan fingerprint density at radius 1 is 1.05 bits per heavy atom. The zero-order valence-electron chi connectivity index (χ0n) is 13.3. The van der Waals surface area contributed by atoms with Crippen LogP contribution in [0.25, 0.3) is 0 Å². The average Bonchev–Trinajstić information content (AvgIpc) is 2.69. The molecule has 0 spiro atoms. The maximum absolute atomic E-state index is 2.57. The molecule has 0 amide bonds. The van der Waals surface area contributed by atoms with Crippen molar-refractivity contribution in [2.45, 2.75) is 60.4 Å². The van der Waals surface area contributed by atoms with Gasteiger partial charge in [0.2, 0.25) is 0 Å². The summed E-state index contributed by atoms with van der Waals surface area (Å²) in [5.74, 6) is 0.708. The summed E-state index contributed by atoms with van der Waals surface area (Å²) < 4.78 is 2.57. The Kier molecular flexibility index (Phi) is 2.46. The van der Waals surface area contributed by atoms with Crippen molar-refractivity contribution in [2.24, 2.45) is 5.92 Å². The highest BCUT2D eigenvalue weighted by atomic mass is 15.1. The van der Waals surface area contributed by atoms with Gasteiger partial charge in [0.15, 0.2) is 0 Å². The second-order valence-corrected chi connectivity index (χ2v) is 6.62. The zero-order valence-corrected chi connectivity index (χ0v) is 13.3. The molecule has 2 aliphatic rings. The molecule has 1 aromatic heterocycles. The lowest BCUT2D eigenvalue weighted by atomic mass is 9.61. The van der Waals surface area contributed by atoms with Crippen molar-refractivity contribution in [1.82, 2.24) is 4.57 Å². The molecule has 1 heteroatoms. The Hall–Kier alpha value is -1.24. The number of hydrogen-bond acceptors (Lipinski definition) is 0. The van der Waals surface area contributed by atoms with Gasteiger partial charge in [-0.1, -0.05) is 6.92 Å². The molecule has 19 heavy (non-hydrogen) atoms. The van der Waals surface area contributed by atoms with E-state index < -0.39 is 0 Å². The predicted octanol–water partition coefficient (Wildman–Crippen LogP) is 4.81. The van der Waals surface area contributed by atoms with Gasteiger partial charge in [-0.25, -0.2) is 0 Å². The van der Waals surface area contributed by atoms with Gasteiger partial charge in [0.1, 0.15) is 0 Å². The summed E-state index contributed by atoms with van der Waals surface area (Å²) in [6, 6.07) is 0. The molecule has 2 aliphatic carbocycles. The Morgan fingerprint density at radius 2 is 1.68 bits per heavy atom. The van der Waals surface area contributed by atoms with E-state index >= 15 is 0 Å². The number of allylic oxidation sites excluding steroid dienone is 4. The average molecular weight is 255 g/mol. The van der Waals surface area contributed by atoms with Crippen molar-refractivity contribution in [2.75, 3.05) is 0 Å². The first-order chi connectivity index (χ1) is 8.83. The first kappa shape index (κ1) is 12.8. The summed E-state index contributed by atoms with van der Waals surface area (Å²) >= 11 is 0. The minimum Gasteiger partial charge on any atom is -0.337 e. The van der Waals surface area contributed by atoms with Crippen LogP contribution in [0.3, 0.4) is 0 Å². The number of hydrogen-bond donors (Lipinski definition) is 0. The third kappa shape index (κ3) is 1.22. The number of aryl methyl sites for hydroxylation is 1. The van der Waals surface area contributed by atoms with E-state index in [0.717, 1.165) is 0 Å². The number of aromatic nitrogens is 1. The molecule has 3 rings (SSSR count). The van der Waals surface area contributed by atoms with E-state index in [2.05, 4.69) is 59.2 Å². The quantitative estimate of drug-likeness (QED) is 0.678. The Bertz CT molecular complexity index is 619. The molecule has 1 fully saturated rings. The van der Waals surface area contributed by atoms with Gasteiger partial charge in [-0.3, -0.25) is 0 Å². The molecule has 1 saturated carbocycles. The molecule has 0 aliphatic heterocycles. The van der Waals surface area contributed by atoms with Crippen LogP contribution in [0.1, 0.15) is 50.9 Å². The van der Waals surface area contributed by atoms with E-state index in [1.54, 1.807) is 16.7 Å². The van der Waals surface area contributed by atoms with Crippen molar-refractivity contribution < 1.29 is 0 Å². The van der Waals surface area contributed by atoms with E-state index in [0.29, 0.717) is 5.92 Å². The minimum atomic E-state index is 0.164. The fourth-order valence-electron chi connectivity index (χ4n) is 4.39. The third-order valence-corrected chi connectivity index (χ3v) is 6.03. The molecule has 1 heterocycles. The maximum atomic E-state index is 2.57. The van der Waals surface area contributed by atoms with Crippen LogP contribution >= 0.6 is 0 Å². The van der Waals surface area contributed by atoms with Gasteiger partial charge in [-0.15, -0.1) is 0 Å². The van der Waals surface area contributed by atoms with Gasteiger partial charge < -0.3 is 4.57 Å². The largest absolute Gasteiger partial charge is 0.337 e. The van der Waals surface area contributed by atoms with Crippen molar-refractivity contribution >= 4 is 0 Å². The van der Waals surface area contributed by atoms with Gasteiger partial charge in [0.25, 0.3) is 0 Å². The topological polar surface area (TPSA) is 4.93 Å². The van der Waals surface area contributed by atoms with Crippen LogP contribution in [-0.2, 0) is 5.54 Å². The van der Waals surface area contributed by atoms with Crippen LogP contribution in [0.4, 0.5) is 0 Å². The summed E-state index contributed by atoms with van der Waals surface area (Å²) in [6.45, 7) is 16.1. The summed E-state index contributed by atoms with van der Waals surface area (Å²) in [5.41, 5.74) is 10.7. The van der Waals surface area contributed by atoms with Crippen LogP contribution in [0.5, 0.6) is 0 Å². The molecular weight excluding hydrogens is 230 g/mol. The van der Waals surface area contributed by atoms with E-state index in [9.17, 15) is 0 Å². The van der Waals surface area contributed by atoms with E-state index in [-0.39, 0.29) is 5.54 Å². The van der Waals surface area contributed by atoms with Gasteiger partial charge in [-0.05, 0) is 87.3 Å². The Balaban J connectivity index is 2.31. The molecule has 0 bridgehead atoms. The lowest BCUT2D eigenvalue weighted by Crippen LogP contribution is -2.50. The fourth-order valence-corrected chi connectivity index (χ4v) is 4.39. The number of fused-ring (bicyclic) bond motifs is 1. The molecular formula is C18H25N. The molecule has 2 unspecified atom stereocenters. The first-order valence-corrected chi connectivity index (χ1v) is 7.37. The third-order valence-electron chi connectivity index (χ3n) is 6.03. The summed E-state index contributed by atoms with van der Waals surface area (Å²) in [6.07, 6.45) is 3.63. The van der Waals surface area contributed by atoms with Crippen LogP contribution in [-0.4, -0.2) is 4.57 Å². The summed E-state index contributed by atoms with van der Waals surface area (Å²) in [7, 11) is 0. The Morgan fingerprint density at radius 3 is 2.11 bits per heavy atom. The molecule has 0 radical (unpaired) electrons. The first-order valence-electron chi connectivity index (χ1n) is 7.37. The highest BCUT2D eigenvalue weighted by Gasteiger charge is 2.56. The SMILES string of the molecule is CC1=C(C)C2(n3cc(C)c(C)c3C)C(=C1C)CC2C. The van der Waals surface area contributed by atoms with Crippen LogP contribution < -0.4 is 0 Å². The van der Waals surface area contributed by atoms with Gasteiger partial charge in [0.05, 0.1) is 5.54 Å². The van der Waals surface area contributed by atoms with Crippen molar-refractivity contribution in [3.63, 3.8) is 0 Å². The smallest absolute Gasteiger partial charge is 0.0903 e. The standard InChI is InChI=1S/C18H25N/c1-10-9-19(16(7)12(10)3)18-11(2)8-17(18)14(5)13(4)15(18)6/h9,11H,8H2,1-7H3. The van der Waals surface area contributed by atoms with Crippen molar-refractivity contribution in [3.8, 4) is 0 Å². The monoisotopic (exact) mass is 255 g/mol. The second-order valence-electron chi connectivity index (χ2n) is 6.62. The maximum Gasteiger partial charge on any atom is 0.0903 e. The molecule has 2 atom stereocenters. The molecule has 102 valence electrons. The minimum absolute atomic E-state index is 0.164. The predicted molar refractivity (Wildman–Crippen MR) is 81.5 cm³/mol. The summed E-state index contributed by atoms with van der Waals surface area (Å²) in [4.78, 5) is 0. The van der Waals surface area contributed by atoms with Crippen molar-refractivity contribution in [1.29, 1.82) is 0 Å². The van der Waals surface area contributed by atoms with Gasteiger partial charge in [-0.2, -0.15) is 0 Å². The fraction of sp³-hybridized carbons (Fsp3) is 0.556.